The first-order valence-corrected chi connectivity index (χ1v) is 8.75. The monoisotopic (exact) mass is 348 g/mol. The number of amides is 1. The highest BCUT2D eigenvalue weighted by Crippen LogP contribution is 2.20. The van der Waals surface area contributed by atoms with Gasteiger partial charge in [0.2, 0.25) is 11.8 Å². The van der Waals surface area contributed by atoms with Gasteiger partial charge in [0.15, 0.2) is 11.6 Å². The summed E-state index contributed by atoms with van der Waals surface area (Å²) in [4.78, 5) is 22.9. The molecule has 1 atom stereocenters. The molecule has 136 valence electrons. The molecular weight excluding hydrogens is 324 g/mol. The first kappa shape index (κ1) is 17.5. The molecule has 2 aromatic heterocycles. The molecule has 0 bridgehead atoms. The predicted molar refractivity (Wildman–Crippen MR) is 87.6 cm³/mol. The second-order valence-corrected chi connectivity index (χ2v) is 6.18. The van der Waals surface area contributed by atoms with Crippen molar-refractivity contribution in [2.24, 2.45) is 0 Å². The fourth-order valence-electron chi connectivity index (χ4n) is 2.83. The maximum absolute atomic E-state index is 12.4. The van der Waals surface area contributed by atoms with Crippen LogP contribution < -0.4 is 0 Å². The summed E-state index contributed by atoms with van der Waals surface area (Å²) in [6.07, 6.45) is 3.34. The standard InChI is InChI=1S/C16H24N6O3/c1-3-5-13-18-16(20-19-13)12-10-22(8-9-24-12)15(23)7-4-6-14-17-11(2)21-25-14/h12H,3-10H2,1-2H3,(H,18,19,20). The molecule has 0 spiro atoms. The van der Waals surface area contributed by atoms with Crippen LogP contribution in [-0.4, -0.2) is 55.8 Å². The van der Waals surface area contributed by atoms with E-state index in [1.807, 2.05) is 4.90 Å². The summed E-state index contributed by atoms with van der Waals surface area (Å²) in [6, 6.07) is 0. The number of rotatable bonds is 7. The van der Waals surface area contributed by atoms with Crippen LogP contribution in [0.4, 0.5) is 0 Å². The van der Waals surface area contributed by atoms with E-state index in [9.17, 15) is 4.79 Å². The van der Waals surface area contributed by atoms with Gasteiger partial charge in [-0.1, -0.05) is 12.1 Å². The molecule has 2 aromatic rings. The highest BCUT2D eigenvalue weighted by molar-refractivity contribution is 5.76. The summed E-state index contributed by atoms with van der Waals surface area (Å²) >= 11 is 0. The van der Waals surface area contributed by atoms with Crippen molar-refractivity contribution in [1.82, 2.24) is 30.2 Å². The number of carbonyl (C=O) groups excluding carboxylic acids is 1. The molecule has 25 heavy (non-hydrogen) atoms. The molecule has 1 saturated heterocycles. The van der Waals surface area contributed by atoms with Gasteiger partial charge in [0.05, 0.1) is 13.2 Å². The van der Waals surface area contributed by atoms with Crippen molar-refractivity contribution in [2.75, 3.05) is 19.7 Å². The van der Waals surface area contributed by atoms with Crippen LogP contribution in [-0.2, 0) is 22.4 Å². The first-order chi connectivity index (χ1) is 12.2. The van der Waals surface area contributed by atoms with Crippen LogP contribution in [0.1, 0.15) is 55.7 Å². The van der Waals surface area contributed by atoms with E-state index in [-0.39, 0.29) is 12.0 Å². The van der Waals surface area contributed by atoms with E-state index in [0.717, 1.165) is 18.7 Å². The fourth-order valence-corrected chi connectivity index (χ4v) is 2.83. The SMILES string of the molecule is CCCc1nc(C2CN(C(=O)CCCc3nc(C)no3)CCO2)n[nH]1. The molecule has 0 radical (unpaired) electrons. The third-order valence-electron chi connectivity index (χ3n) is 4.09. The zero-order chi connectivity index (χ0) is 17.6. The van der Waals surface area contributed by atoms with Gasteiger partial charge in [0.25, 0.3) is 0 Å². The number of nitrogens with zero attached hydrogens (tertiary/aromatic N) is 5. The zero-order valence-corrected chi connectivity index (χ0v) is 14.7. The quantitative estimate of drug-likeness (QED) is 0.804. The Kier molecular flexibility index (Phi) is 5.75. The summed E-state index contributed by atoms with van der Waals surface area (Å²) in [7, 11) is 0. The molecule has 1 aliphatic rings. The van der Waals surface area contributed by atoms with Gasteiger partial charge < -0.3 is 14.2 Å². The number of carbonyl (C=O) groups is 1. The molecule has 0 aromatic carbocycles. The van der Waals surface area contributed by atoms with Crippen molar-refractivity contribution < 1.29 is 14.1 Å². The van der Waals surface area contributed by atoms with Crippen LogP contribution in [0.3, 0.4) is 0 Å². The number of hydrogen-bond donors (Lipinski definition) is 1. The second kappa shape index (κ2) is 8.19. The highest BCUT2D eigenvalue weighted by atomic mass is 16.5. The van der Waals surface area contributed by atoms with E-state index >= 15 is 0 Å². The van der Waals surface area contributed by atoms with Gasteiger partial charge in [-0.05, 0) is 19.8 Å². The van der Waals surface area contributed by atoms with Crippen LogP contribution in [0, 0.1) is 6.92 Å². The Labute approximate surface area is 146 Å². The van der Waals surface area contributed by atoms with E-state index in [1.165, 1.54) is 0 Å². The van der Waals surface area contributed by atoms with Crippen molar-refractivity contribution in [1.29, 1.82) is 0 Å². The molecule has 3 heterocycles. The maximum Gasteiger partial charge on any atom is 0.226 e. The van der Waals surface area contributed by atoms with Crippen molar-refractivity contribution in [3.63, 3.8) is 0 Å². The Morgan fingerprint density at radius 3 is 3.00 bits per heavy atom. The molecule has 9 heteroatoms. The number of aromatic amines is 1. The molecule has 3 rings (SSSR count). The second-order valence-electron chi connectivity index (χ2n) is 6.18. The minimum atomic E-state index is -0.266. The van der Waals surface area contributed by atoms with Crippen LogP contribution >= 0.6 is 0 Å². The van der Waals surface area contributed by atoms with Gasteiger partial charge in [-0.3, -0.25) is 9.89 Å². The lowest BCUT2D eigenvalue weighted by atomic mass is 10.2. The van der Waals surface area contributed by atoms with Gasteiger partial charge in [0.1, 0.15) is 11.9 Å². The number of H-pyrrole nitrogens is 1. The van der Waals surface area contributed by atoms with Gasteiger partial charge in [-0.15, -0.1) is 0 Å². The normalized spacial score (nSPS) is 17.8. The molecule has 0 saturated carbocycles. The van der Waals surface area contributed by atoms with Crippen molar-refractivity contribution in [3.05, 3.63) is 23.4 Å². The third kappa shape index (κ3) is 4.62. The summed E-state index contributed by atoms with van der Waals surface area (Å²) in [5, 5.41) is 10.9. The molecule has 9 nitrogen and oxygen atoms in total. The lowest BCUT2D eigenvalue weighted by Crippen LogP contribution is -2.42. The van der Waals surface area contributed by atoms with Crippen LogP contribution in [0.15, 0.2) is 4.52 Å². The van der Waals surface area contributed by atoms with Gasteiger partial charge in [0, 0.05) is 25.8 Å². The summed E-state index contributed by atoms with van der Waals surface area (Å²) in [5.41, 5.74) is 0. The van der Waals surface area contributed by atoms with Crippen molar-refractivity contribution >= 4 is 5.91 Å². The van der Waals surface area contributed by atoms with E-state index in [0.29, 0.717) is 56.5 Å². The largest absolute Gasteiger partial charge is 0.366 e. The van der Waals surface area contributed by atoms with E-state index in [1.54, 1.807) is 6.92 Å². The minimum absolute atomic E-state index is 0.105. The Hall–Kier alpha value is -2.29. The van der Waals surface area contributed by atoms with Crippen LogP contribution in [0.25, 0.3) is 0 Å². The van der Waals surface area contributed by atoms with Crippen LogP contribution in [0.5, 0.6) is 0 Å². The van der Waals surface area contributed by atoms with Crippen molar-refractivity contribution in [3.8, 4) is 0 Å². The Bertz CT molecular complexity index is 698. The molecule has 1 N–H and O–H groups in total. The van der Waals surface area contributed by atoms with E-state index < -0.39 is 0 Å². The summed E-state index contributed by atoms with van der Waals surface area (Å²) < 4.78 is 10.8. The molecule has 1 fully saturated rings. The lowest BCUT2D eigenvalue weighted by molar-refractivity contribution is -0.139. The van der Waals surface area contributed by atoms with E-state index in [2.05, 4.69) is 32.2 Å². The summed E-state index contributed by atoms with van der Waals surface area (Å²) in [6.45, 7) is 5.45. The van der Waals surface area contributed by atoms with Crippen molar-refractivity contribution in [2.45, 2.75) is 52.1 Å². The van der Waals surface area contributed by atoms with Gasteiger partial charge >= 0.3 is 0 Å². The Morgan fingerprint density at radius 2 is 2.24 bits per heavy atom. The van der Waals surface area contributed by atoms with Crippen LogP contribution in [0.2, 0.25) is 0 Å². The Balaban J connectivity index is 1.48. The Morgan fingerprint density at radius 1 is 1.36 bits per heavy atom. The number of aromatic nitrogens is 5. The first-order valence-electron chi connectivity index (χ1n) is 8.75. The van der Waals surface area contributed by atoms with E-state index in [4.69, 9.17) is 9.26 Å². The highest BCUT2D eigenvalue weighted by Gasteiger charge is 2.27. The fraction of sp³-hybridized carbons (Fsp3) is 0.688. The molecule has 1 amide bonds. The smallest absolute Gasteiger partial charge is 0.226 e. The maximum atomic E-state index is 12.4. The average Bonchev–Trinajstić information content (AvgIpc) is 3.24. The number of aryl methyl sites for hydroxylation is 3. The predicted octanol–water partition coefficient (Wildman–Crippen LogP) is 1.37. The minimum Gasteiger partial charge on any atom is -0.366 e. The molecule has 1 unspecified atom stereocenters. The zero-order valence-electron chi connectivity index (χ0n) is 14.7. The van der Waals surface area contributed by atoms with Gasteiger partial charge in [-0.25, -0.2) is 4.98 Å². The number of hydrogen-bond acceptors (Lipinski definition) is 7. The molecule has 0 aliphatic carbocycles. The molecule has 1 aliphatic heterocycles. The number of nitrogens with one attached hydrogen (secondary N) is 1. The topological polar surface area (TPSA) is 110 Å². The summed E-state index contributed by atoms with van der Waals surface area (Å²) in [5.74, 6) is 2.79. The lowest BCUT2D eigenvalue weighted by Gasteiger charge is -2.31. The van der Waals surface area contributed by atoms with Gasteiger partial charge in [-0.2, -0.15) is 10.1 Å². The average molecular weight is 348 g/mol. The third-order valence-corrected chi connectivity index (χ3v) is 4.09. The molecular formula is C16H24N6O3. The number of ether oxygens (including phenoxy) is 1. The number of morpholine rings is 1.